The van der Waals surface area contributed by atoms with E-state index in [4.69, 9.17) is 16.3 Å². The first kappa shape index (κ1) is 18.8. The lowest BCUT2D eigenvalue weighted by Crippen LogP contribution is -2.32. The van der Waals surface area contributed by atoms with Gasteiger partial charge in [-0.05, 0) is 56.2 Å². The SMILES string of the molecule is CC(=O)c1cccc(NC(=O)NCCOc2cc(C)c(Cl)c(C)c2)c1. The second-order valence-electron chi connectivity index (χ2n) is 5.74. The minimum atomic E-state index is -0.354. The van der Waals surface area contributed by atoms with E-state index in [-0.39, 0.29) is 11.8 Å². The molecule has 0 aliphatic rings. The molecule has 25 heavy (non-hydrogen) atoms. The van der Waals surface area contributed by atoms with Crippen molar-refractivity contribution < 1.29 is 14.3 Å². The normalized spacial score (nSPS) is 10.2. The molecule has 2 aromatic rings. The summed E-state index contributed by atoms with van der Waals surface area (Å²) in [7, 11) is 0. The van der Waals surface area contributed by atoms with Crippen molar-refractivity contribution in [2.45, 2.75) is 20.8 Å². The van der Waals surface area contributed by atoms with Crippen LogP contribution >= 0.6 is 11.6 Å². The number of ether oxygens (including phenoxy) is 1. The van der Waals surface area contributed by atoms with E-state index in [0.29, 0.717) is 24.4 Å². The Kier molecular flexibility index (Phi) is 6.42. The molecule has 5 nitrogen and oxygen atoms in total. The standard InChI is InChI=1S/C19H21ClN2O3/c1-12-9-17(10-13(2)18(12)20)25-8-7-21-19(24)22-16-6-4-5-15(11-16)14(3)23/h4-6,9-11H,7-8H2,1-3H3,(H2,21,22,24). The van der Waals surface area contributed by atoms with Crippen molar-refractivity contribution in [1.29, 1.82) is 0 Å². The second-order valence-corrected chi connectivity index (χ2v) is 6.12. The maximum absolute atomic E-state index is 11.9. The molecule has 0 saturated heterocycles. The Morgan fingerprint density at radius 2 is 1.80 bits per heavy atom. The van der Waals surface area contributed by atoms with Gasteiger partial charge in [-0.15, -0.1) is 0 Å². The molecule has 0 bridgehead atoms. The smallest absolute Gasteiger partial charge is 0.319 e. The molecule has 6 heteroatoms. The lowest BCUT2D eigenvalue weighted by Gasteiger charge is -2.11. The number of hydrogen-bond donors (Lipinski definition) is 2. The lowest BCUT2D eigenvalue weighted by atomic mass is 10.1. The third kappa shape index (κ3) is 5.50. The van der Waals surface area contributed by atoms with Crippen LogP contribution in [0.2, 0.25) is 5.02 Å². The Morgan fingerprint density at radius 3 is 2.44 bits per heavy atom. The van der Waals surface area contributed by atoms with Gasteiger partial charge in [0.15, 0.2) is 5.78 Å². The quantitative estimate of drug-likeness (QED) is 0.594. The molecule has 0 radical (unpaired) electrons. The summed E-state index contributed by atoms with van der Waals surface area (Å²) < 4.78 is 5.63. The lowest BCUT2D eigenvalue weighted by molar-refractivity contribution is 0.101. The second kappa shape index (κ2) is 8.53. The van der Waals surface area contributed by atoms with Gasteiger partial charge in [-0.2, -0.15) is 0 Å². The number of benzene rings is 2. The largest absolute Gasteiger partial charge is 0.492 e. The molecule has 0 atom stereocenters. The number of rotatable bonds is 6. The molecule has 2 N–H and O–H groups in total. The van der Waals surface area contributed by atoms with E-state index in [2.05, 4.69) is 10.6 Å². The van der Waals surface area contributed by atoms with Crippen LogP contribution in [-0.2, 0) is 0 Å². The number of aryl methyl sites for hydroxylation is 2. The summed E-state index contributed by atoms with van der Waals surface area (Å²) >= 11 is 6.12. The minimum absolute atomic E-state index is 0.0500. The zero-order valence-corrected chi connectivity index (χ0v) is 15.2. The number of Topliss-reactive ketones (excluding diaryl/α,β-unsaturated/α-hetero) is 1. The molecule has 132 valence electrons. The van der Waals surface area contributed by atoms with E-state index >= 15 is 0 Å². The van der Waals surface area contributed by atoms with Crippen molar-refractivity contribution in [2.75, 3.05) is 18.5 Å². The maximum Gasteiger partial charge on any atom is 0.319 e. The fourth-order valence-electron chi connectivity index (χ4n) is 2.31. The number of nitrogens with one attached hydrogen (secondary N) is 2. The summed E-state index contributed by atoms with van der Waals surface area (Å²) in [6.45, 7) is 6.00. The highest BCUT2D eigenvalue weighted by molar-refractivity contribution is 6.32. The summed E-state index contributed by atoms with van der Waals surface area (Å²) in [5.41, 5.74) is 3.02. The Balaban J connectivity index is 1.79. The highest BCUT2D eigenvalue weighted by Gasteiger charge is 2.06. The van der Waals surface area contributed by atoms with Crippen LogP contribution in [0.25, 0.3) is 0 Å². The van der Waals surface area contributed by atoms with Gasteiger partial charge in [0.25, 0.3) is 0 Å². The Hall–Kier alpha value is -2.53. The average molecular weight is 361 g/mol. The van der Waals surface area contributed by atoms with Crippen LogP contribution < -0.4 is 15.4 Å². The number of hydrogen-bond acceptors (Lipinski definition) is 3. The first-order valence-electron chi connectivity index (χ1n) is 7.92. The van der Waals surface area contributed by atoms with Gasteiger partial charge >= 0.3 is 6.03 Å². The average Bonchev–Trinajstić information content (AvgIpc) is 2.56. The van der Waals surface area contributed by atoms with E-state index in [0.717, 1.165) is 21.9 Å². The van der Waals surface area contributed by atoms with E-state index in [1.807, 2.05) is 26.0 Å². The fraction of sp³-hybridized carbons (Fsp3) is 0.263. The van der Waals surface area contributed by atoms with Crippen LogP contribution in [0.1, 0.15) is 28.4 Å². The number of halogens is 1. The van der Waals surface area contributed by atoms with Crippen molar-refractivity contribution >= 4 is 29.1 Å². The molecule has 0 aliphatic heterocycles. The third-order valence-corrected chi connectivity index (χ3v) is 4.19. The zero-order valence-electron chi connectivity index (χ0n) is 14.5. The van der Waals surface area contributed by atoms with E-state index in [1.54, 1.807) is 24.3 Å². The van der Waals surface area contributed by atoms with Crippen LogP contribution in [0.15, 0.2) is 36.4 Å². The van der Waals surface area contributed by atoms with E-state index in [9.17, 15) is 9.59 Å². The van der Waals surface area contributed by atoms with E-state index in [1.165, 1.54) is 6.92 Å². The summed E-state index contributed by atoms with van der Waals surface area (Å²) in [5.74, 6) is 0.668. The molecule has 0 aliphatic carbocycles. The van der Waals surface area contributed by atoms with Crippen molar-refractivity contribution in [2.24, 2.45) is 0 Å². The first-order valence-corrected chi connectivity index (χ1v) is 8.30. The van der Waals surface area contributed by atoms with Gasteiger partial charge in [-0.3, -0.25) is 4.79 Å². The van der Waals surface area contributed by atoms with Gasteiger partial charge in [0.1, 0.15) is 12.4 Å². The molecule has 2 aromatic carbocycles. The van der Waals surface area contributed by atoms with Crippen LogP contribution in [0.3, 0.4) is 0 Å². The van der Waals surface area contributed by atoms with Gasteiger partial charge in [0.05, 0.1) is 6.54 Å². The Bertz CT molecular complexity index is 767. The Labute approximate surface area is 152 Å². The summed E-state index contributed by atoms with van der Waals surface area (Å²) in [4.78, 5) is 23.2. The van der Waals surface area contributed by atoms with Crippen LogP contribution in [0.5, 0.6) is 5.75 Å². The van der Waals surface area contributed by atoms with Gasteiger partial charge in [-0.25, -0.2) is 4.79 Å². The number of anilines is 1. The highest BCUT2D eigenvalue weighted by Crippen LogP contribution is 2.25. The van der Waals surface area contributed by atoms with Crippen LogP contribution in [0, 0.1) is 13.8 Å². The van der Waals surface area contributed by atoms with Gasteiger partial charge < -0.3 is 15.4 Å². The first-order chi connectivity index (χ1) is 11.9. The third-order valence-electron chi connectivity index (χ3n) is 3.59. The maximum atomic E-state index is 11.9. The predicted octanol–water partition coefficient (Wildman–Crippen LogP) is 4.36. The summed E-state index contributed by atoms with van der Waals surface area (Å²) in [5, 5.41) is 6.12. The van der Waals surface area contributed by atoms with Crippen molar-refractivity contribution in [1.82, 2.24) is 5.32 Å². The topological polar surface area (TPSA) is 67.4 Å². The number of carbonyl (C=O) groups excluding carboxylic acids is 2. The fourth-order valence-corrected chi connectivity index (χ4v) is 2.42. The van der Waals surface area contributed by atoms with Crippen LogP contribution in [-0.4, -0.2) is 25.0 Å². The highest BCUT2D eigenvalue weighted by atomic mass is 35.5. The van der Waals surface area contributed by atoms with Gasteiger partial charge in [0, 0.05) is 16.3 Å². The Morgan fingerprint density at radius 1 is 1.12 bits per heavy atom. The molecule has 0 heterocycles. The number of urea groups is 1. The molecular weight excluding hydrogens is 340 g/mol. The minimum Gasteiger partial charge on any atom is -0.492 e. The zero-order chi connectivity index (χ0) is 18.4. The van der Waals surface area contributed by atoms with Gasteiger partial charge in [-0.1, -0.05) is 23.7 Å². The van der Waals surface area contributed by atoms with Gasteiger partial charge in [0.2, 0.25) is 0 Å². The van der Waals surface area contributed by atoms with E-state index < -0.39 is 0 Å². The number of ketones is 1. The van der Waals surface area contributed by atoms with Crippen LogP contribution in [0.4, 0.5) is 10.5 Å². The molecule has 2 amide bonds. The number of carbonyl (C=O) groups is 2. The molecule has 2 rings (SSSR count). The van der Waals surface area contributed by atoms with Crippen molar-refractivity contribution in [3.8, 4) is 5.75 Å². The molecule has 0 saturated carbocycles. The molecule has 0 fully saturated rings. The van der Waals surface area contributed by atoms with Crippen molar-refractivity contribution in [3.63, 3.8) is 0 Å². The monoisotopic (exact) mass is 360 g/mol. The molecule has 0 spiro atoms. The molecule has 0 unspecified atom stereocenters. The van der Waals surface area contributed by atoms with Crippen molar-refractivity contribution in [3.05, 3.63) is 58.1 Å². The number of amides is 2. The summed E-state index contributed by atoms with van der Waals surface area (Å²) in [6.07, 6.45) is 0. The summed E-state index contributed by atoms with van der Waals surface area (Å²) in [6, 6.07) is 10.2. The predicted molar refractivity (Wildman–Crippen MR) is 99.9 cm³/mol. The molecular formula is C19H21ClN2O3. The molecule has 0 aromatic heterocycles.